The highest BCUT2D eigenvalue weighted by Gasteiger charge is 2.21. The minimum atomic E-state index is 0.242. The minimum absolute atomic E-state index is 0.242. The summed E-state index contributed by atoms with van der Waals surface area (Å²) < 4.78 is 0. The van der Waals surface area contributed by atoms with Crippen molar-refractivity contribution in [3.63, 3.8) is 0 Å². The molecule has 1 amide bonds. The van der Waals surface area contributed by atoms with E-state index in [0.717, 1.165) is 32.0 Å². The number of nitrogens with one attached hydrogen (secondary N) is 2. The van der Waals surface area contributed by atoms with E-state index in [2.05, 4.69) is 38.3 Å². The molecule has 1 unspecified atom stereocenters. The van der Waals surface area contributed by atoms with Crippen molar-refractivity contribution in [2.45, 2.75) is 66.2 Å². The van der Waals surface area contributed by atoms with Gasteiger partial charge in [-0.3, -0.25) is 4.79 Å². The number of carbonyl (C=O) groups is 1. The van der Waals surface area contributed by atoms with Crippen molar-refractivity contribution in [2.75, 3.05) is 19.6 Å². The lowest BCUT2D eigenvalue weighted by Gasteiger charge is -2.27. The molecular formula is C17H34N2O. The molecule has 1 aliphatic rings. The van der Waals surface area contributed by atoms with Crippen LogP contribution in [0.1, 0.15) is 66.2 Å². The van der Waals surface area contributed by atoms with Crippen LogP contribution in [-0.2, 0) is 4.79 Å². The van der Waals surface area contributed by atoms with Crippen LogP contribution in [0.5, 0.6) is 0 Å². The van der Waals surface area contributed by atoms with Gasteiger partial charge in [0.05, 0.1) is 0 Å². The maximum atomic E-state index is 11.9. The second-order valence-electron chi connectivity index (χ2n) is 7.64. The monoisotopic (exact) mass is 282 g/mol. The van der Waals surface area contributed by atoms with E-state index in [-0.39, 0.29) is 5.91 Å². The molecule has 2 N–H and O–H groups in total. The van der Waals surface area contributed by atoms with E-state index in [1.807, 2.05) is 0 Å². The SMILES string of the molecule is CC(CC(=O)NCCCCC(C)(C)C)C1CCNCC1. The highest BCUT2D eigenvalue weighted by molar-refractivity contribution is 5.76. The second-order valence-corrected chi connectivity index (χ2v) is 7.64. The van der Waals surface area contributed by atoms with Crippen molar-refractivity contribution in [2.24, 2.45) is 17.3 Å². The van der Waals surface area contributed by atoms with E-state index < -0.39 is 0 Å². The van der Waals surface area contributed by atoms with Crippen LogP contribution in [0.4, 0.5) is 0 Å². The predicted molar refractivity (Wildman–Crippen MR) is 85.7 cm³/mol. The largest absolute Gasteiger partial charge is 0.356 e. The van der Waals surface area contributed by atoms with Crippen LogP contribution >= 0.6 is 0 Å². The van der Waals surface area contributed by atoms with Gasteiger partial charge in [0.15, 0.2) is 0 Å². The van der Waals surface area contributed by atoms with Gasteiger partial charge in [0, 0.05) is 13.0 Å². The smallest absolute Gasteiger partial charge is 0.220 e. The highest BCUT2D eigenvalue weighted by Crippen LogP contribution is 2.24. The molecule has 1 aliphatic heterocycles. The number of unbranched alkanes of at least 4 members (excludes halogenated alkanes) is 1. The summed E-state index contributed by atoms with van der Waals surface area (Å²) in [6.07, 6.45) is 6.68. The third-order valence-corrected chi connectivity index (χ3v) is 4.37. The summed E-state index contributed by atoms with van der Waals surface area (Å²) in [5.41, 5.74) is 0.410. The Hall–Kier alpha value is -0.570. The van der Waals surface area contributed by atoms with Crippen LogP contribution in [0.2, 0.25) is 0 Å². The Bertz CT molecular complexity index is 277. The number of hydrogen-bond acceptors (Lipinski definition) is 2. The Labute approximate surface area is 125 Å². The zero-order valence-electron chi connectivity index (χ0n) is 13.9. The Morgan fingerprint density at radius 1 is 1.25 bits per heavy atom. The molecule has 1 fully saturated rings. The molecule has 0 radical (unpaired) electrons. The maximum absolute atomic E-state index is 11.9. The van der Waals surface area contributed by atoms with E-state index >= 15 is 0 Å². The van der Waals surface area contributed by atoms with Crippen molar-refractivity contribution in [1.82, 2.24) is 10.6 Å². The van der Waals surface area contributed by atoms with Gasteiger partial charge in [0.1, 0.15) is 0 Å². The summed E-state index contributed by atoms with van der Waals surface area (Å²) in [4.78, 5) is 11.9. The highest BCUT2D eigenvalue weighted by atomic mass is 16.1. The molecule has 0 bridgehead atoms. The third kappa shape index (κ3) is 7.88. The molecule has 0 aliphatic carbocycles. The molecular weight excluding hydrogens is 248 g/mol. The van der Waals surface area contributed by atoms with Crippen LogP contribution in [0.25, 0.3) is 0 Å². The molecule has 1 heterocycles. The van der Waals surface area contributed by atoms with Gasteiger partial charge in [0.25, 0.3) is 0 Å². The topological polar surface area (TPSA) is 41.1 Å². The van der Waals surface area contributed by atoms with Crippen molar-refractivity contribution >= 4 is 5.91 Å². The van der Waals surface area contributed by atoms with Crippen molar-refractivity contribution < 1.29 is 4.79 Å². The van der Waals surface area contributed by atoms with Crippen LogP contribution in [0.3, 0.4) is 0 Å². The molecule has 1 rings (SSSR count). The van der Waals surface area contributed by atoms with E-state index in [9.17, 15) is 4.79 Å². The molecule has 3 nitrogen and oxygen atoms in total. The molecule has 3 heteroatoms. The number of hydrogen-bond donors (Lipinski definition) is 2. The summed E-state index contributed by atoms with van der Waals surface area (Å²) in [5.74, 6) is 1.49. The van der Waals surface area contributed by atoms with E-state index in [4.69, 9.17) is 0 Å². The zero-order valence-corrected chi connectivity index (χ0v) is 13.9. The second kappa shape index (κ2) is 8.66. The molecule has 1 atom stereocenters. The Morgan fingerprint density at radius 3 is 2.50 bits per heavy atom. The zero-order chi connectivity index (χ0) is 15.0. The van der Waals surface area contributed by atoms with Crippen molar-refractivity contribution in [1.29, 1.82) is 0 Å². The van der Waals surface area contributed by atoms with E-state index in [1.54, 1.807) is 0 Å². The minimum Gasteiger partial charge on any atom is -0.356 e. The summed E-state index contributed by atoms with van der Waals surface area (Å²) >= 11 is 0. The average molecular weight is 282 g/mol. The molecule has 0 spiro atoms. The number of piperidine rings is 1. The van der Waals surface area contributed by atoms with Crippen molar-refractivity contribution in [3.8, 4) is 0 Å². The standard InChI is InChI=1S/C17H34N2O/c1-14(15-7-11-18-12-8-15)13-16(20)19-10-6-5-9-17(2,3)4/h14-15,18H,5-13H2,1-4H3,(H,19,20). The van der Waals surface area contributed by atoms with E-state index in [0.29, 0.717) is 17.8 Å². The first kappa shape index (κ1) is 17.5. The van der Waals surface area contributed by atoms with Crippen LogP contribution in [-0.4, -0.2) is 25.5 Å². The van der Waals surface area contributed by atoms with Gasteiger partial charge in [-0.1, -0.05) is 34.1 Å². The van der Waals surface area contributed by atoms with E-state index in [1.165, 1.54) is 25.7 Å². The van der Waals surface area contributed by atoms with Gasteiger partial charge >= 0.3 is 0 Å². The first-order chi connectivity index (χ1) is 9.38. The molecule has 0 aromatic carbocycles. The lowest BCUT2D eigenvalue weighted by atomic mass is 9.84. The quantitative estimate of drug-likeness (QED) is 0.703. The normalized spacial score (nSPS) is 18.8. The fraction of sp³-hybridized carbons (Fsp3) is 0.941. The summed E-state index contributed by atoms with van der Waals surface area (Å²) in [6.45, 7) is 12.1. The van der Waals surface area contributed by atoms with Crippen LogP contribution in [0.15, 0.2) is 0 Å². The Morgan fingerprint density at radius 2 is 1.90 bits per heavy atom. The van der Waals surface area contributed by atoms with Gasteiger partial charge < -0.3 is 10.6 Å². The summed E-state index contributed by atoms with van der Waals surface area (Å²) in [6, 6.07) is 0. The van der Waals surface area contributed by atoms with Gasteiger partial charge in [-0.15, -0.1) is 0 Å². The number of amides is 1. The molecule has 118 valence electrons. The molecule has 0 aromatic rings. The lowest BCUT2D eigenvalue weighted by molar-refractivity contribution is -0.122. The average Bonchev–Trinajstić information content (AvgIpc) is 2.38. The fourth-order valence-electron chi connectivity index (χ4n) is 2.95. The Kier molecular flexibility index (Phi) is 7.57. The Balaban J connectivity index is 2.07. The fourth-order valence-corrected chi connectivity index (χ4v) is 2.95. The van der Waals surface area contributed by atoms with Gasteiger partial charge in [0.2, 0.25) is 5.91 Å². The summed E-state index contributed by atoms with van der Waals surface area (Å²) in [7, 11) is 0. The third-order valence-electron chi connectivity index (χ3n) is 4.37. The van der Waals surface area contributed by atoms with Crippen LogP contribution < -0.4 is 10.6 Å². The first-order valence-electron chi connectivity index (χ1n) is 8.36. The first-order valence-corrected chi connectivity index (χ1v) is 8.36. The number of carbonyl (C=O) groups excluding carboxylic acids is 1. The number of rotatable bonds is 7. The predicted octanol–water partition coefficient (Wildman–Crippen LogP) is 3.34. The van der Waals surface area contributed by atoms with Crippen LogP contribution in [0, 0.1) is 17.3 Å². The maximum Gasteiger partial charge on any atom is 0.220 e. The van der Waals surface area contributed by atoms with Crippen molar-refractivity contribution in [3.05, 3.63) is 0 Å². The summed E-state index contributed by atoms with van der Waals surface area (Å²) in [5, 5.41) is 6.47. The molecule has 1 saturated heterocycles. The van der Waals surface area contributed by atoms with Gasteiger partial charge in [-0.2, -0.15) is 0 Å². The molecule has 20 heavy (non-hydrogen) atoms. The molecule has 0 saturated carbocycles. The lowest BCUT2D eigenvalue weighted by Crippen LogP contribution is -2.33. The van der Waals surface area contributed by atoms with Gasteiger partial charge in [-0.05, 0) is 56.0 Å². The molecule has 0 aromatic heterocycles. The van der Waals surface area contributed by atoms with Gasteiger partial charge in [-0.25, -0.2) is 0 Å².